The van der Waals surface area contributed by atoms with Crippen molar-refractivity contribution in [2.45, 2.75) is 109 Å². The molecule has 1 aliphatic heterocycles. The normalized spacial score (nSPS) is 14.7. The Hall–Kier alpha value is -7.31. The van der Waals surface area contributed by atoms with E-state index in [0.29, 0.717) is 34.2 Å². The molecule has 5 aromatic carbocycles. The van der Waals surface area contributed by atoms with Crippen molar-refractivity contribution >= 4 is 48.9 Å². The van der Waals surface area contributed by atoms with Crippen molar-refractivity contribution in [3.8, 4) is 5.75 Å². The molecule has 0 saturated carbocycles. The number of likely N-dealkylation sites (tertiary alicyclic amines) is 1. The first-order valence-corrected chi connectivity index (χ1v) is 29.6. The van der Waals surface area contributed by atoms with Crippen LogP contribution in [0.15, 0.2) is 138 Å². The van der Waals surface area contributed by atoms with Crippen molar-refractivity contribution in [2.75, 3.05) is 44.6 Å². The fourth-order valence-electron chi connectivity index (χ4n) is 9.11. The lowest BCUT2D eigenvalue weighted by Gasteiger charge is -2.41. The van der Waals surface area contributed by atoms with Gasteiger partial charge in [-0.2, -0.15) is 0 Å². The molecule has 0 spiro atoms. The third-order valence-electron chi connectivity index (χ3n) is 14.5. The number of carbonyl (C=O) groups is 4. The van der Waals surface area contributed by atoms with E-state index in [0.717, 1.165) is 38.0 Å². The number of piperidine rings is 1. The Labute approximate surface area is 458 Å². The van der Waals surface area contributed by atoms with Gasteiger partial charge in [0, 0.05) is 54.4 Å². The van der Waals surface area contributed by atoms with E-state index < -0.39 is 43.7 Å². The van der Waals surface area contributed by atoms with Gasteiger partial charge >= 0.3 is 18.1 Å². The summed E-state index contributed by atoms with van der Waals surface area (Å²) in [6, 6.07) is 38.2. The molecule has 0 radical (unpaired) electrons. The van der Waals surface area contributed by atoms with Gasteiger partial charge in [0.25, 0.3) is 5.91 Å². The van der Waals surface area contributed by atoms with Crippen LogP contribution in [0.1, 0.15) is 105 Å². The molecule has 2 heterocycles. The molecule has 6 N–H and O–H groups in total. The predicted octanol–water partition coefficient (Wildman–Crippen LogP) is 10.4. The number of amides is 4. The number of esters is 1. The number of phenols is 1. The van der Waals surface area contributed by atoms with Gasteiger partial charge in [0.15, 0.2) is 8.32 Å². The largest absolute Gasteiger partial charge is 0.506 e. The van der Waals surface area contributed by atoms with Gasteiger partial charge in [-0.05, 0) is 136 Å². The first kappa shape index (κ1) is 58.4. The molecule has 16 nitrogen and oxygen atoms in total. The molecule has 6 aromatic rings. The molecule has 78 heavy (non-hydrogen) atoms. The van der Waals surface area contributed by atoms with Crippen molar-refractivity contribution in [1.82, 2.24) is 25.4 Å². The number of aromatic hydroxyl groups is 1. The lowest BCUT2D eigenvalue weighted by atomic mass is 9.86. The Bertz CT molecular complexity index is 3060. The highest BCUT2D eigenvalue weighted by molar-refractivity contribution is 6.74. The Morgan fingerprint density at radius 2 is 1.44 bits per heavy atom. The number of hydrogen-bond acceptors (Lipinski definition) is 11. The average Bonchev–Trinajstić information content (AvgIpc) is 3.45. The van der Waals surface area contributed by atoms with Crippen LogP contribution < -0.4 is 21.5 Å². The first-order valence-electron chi connectivity index (χ1n) is 26.7. The summed E-state index contributed by atoms with van der Waals surface area (Å²) in [5, 5.41) is 31.8. The van der Waals surface area contributed by atoms with Crippen LogP contribution in [0.5, 0.6) is 5.75 Å². The zero-order chi connectivity index (χ0) is 56.3. The van der Waals surface area contributed by atoms with Gasteiger partial charge in [0.1, 0.15) is 11.4 Å². The minimum absolute atomic E-state index is 0.0751. The smallest absolute Gasteiger partial charge is 0.410 e. The summed E-state index contributed by atoms with van der Waals surface area (Å²) < 4.78 is 18.8. The SMILES string of the molecule is CC(C)(C)OC(=O)N(Cc1ccc(C(=O)NCCCNC(=O)Nc2cccc(C(O)(C(=O)OCC3CCN(Cc4ccccc4)CC3)c3ccccc3)c2)cc1)C[C@H](O[Si](C)(C)C(C)(C)C)c1ccc(O)c2[nH]c(=O)ccc12. The molecule has 17 heteroatoms. The second-order valence-electron chi connectivity index (χ2n) is 22.7. The number of nitrogens with zero attached hydrogens (tertiary/aromatic N) is 2. The average molecular weight is 1080 g/mol. The van der Waals surface area contributed by atoms with E-state index >= 15 is 0 Å². The van der Waals surface area contributed by atoms with Crippen LogP contribution >= 0.6 is 0 Å². The summed E-state index contributed by atoms with van der Waals surface area (Å²) in [7, 11) is -2.50. The Kier molecular flexibility index (Phi) is 19.0. The summed E-state index contributed by atoms with van der Waals surface area (Å²) in [6.07, 6.45) is 0.906. The van der Waals surface area contributed by atoms with E-state index in [2.05, 4.69) is 71.8 Å². The number of pyridine rings is 1. The highest BCUT2D eigenvalue weighted by Gasteiger charge is 2.43. The molecular formula is C61H76N6O10Si. The summed E-state index contributed by atoms with van der Waals surface area (Å²) in [5.41, 5.74) is 0.985. The number of fused-ring (bicyclic) bond motifs is 1. The minimum atomic E-state index is -2.50. The lowest BCUT2D eigenvalue weighted by Crippen LogP contribution is -2.45. The fourth-order valence-corrected chi connectivity index (χ4v) is 10.4. The molecular weight excluding hydrogens is 1000 g/mol. The standard InChI is InChI=1S/C61H76N6O10Si/c1-59(2,3)76-58(73)67(40-52(77-78(7,8)60(4,5)6)49-27-29-51(68)54-50(49)28-30-53(69)65-54)39-43-23-25-45(26-24-43)55(70)62-33-16-34-63-57(72)64-48-22-15-21-47(37-48)61(74,46-19-13-10-14-20-46)56(71)75-41-44-31-35-66(36-32-44)38-42-17-11-9-12-18-42/h9-15,17-30,37,44,52,68,74H,16,31-36,38-41H2,1-8H3,(H,62,70)(H,65,69)(H2,63,64,72)/t52-,61?/m0/s1. The lowest BCUT2D eigenvalue weighted by molar-refractivity contribution is -0.164. The number of aromatic amines is 1. The van der Waals surface area contributed by atoms with Gasteiger partial charge in [-0.15, -0.1) is 0 Å². The summed E-state index contributed by atoms with van der Waals surface area (Å²) in [6.45, 7) is 19.5. The number of hydrogen-bond donors (Lipinski definition) is 6. The number of ether oxygens (including phenoxy) is 2. The van der Waals surface area contributed by atoms with Crippen molar-refractivity contribution in [1.29, 1.82) is 0 Å². The van der Waals surface area contributed by atoms with Crippen LogP contribution in [0, 0.1) is 5.92 Å². The van der Waals surface area contributed by atoms with E-state index in [1.165, 1.54) is 17.7 Å². The topological polar surface area (TPSA) is 212 Å². The van der Waals surface area contributed by atoms with Crippen LogP contribution in [0.25, 0.3) is 10.9 Å². The molecule has 414 valence electrons. The fraction of sp³-hybridized carbons (Fsp3) is 0.393. The number of urea groups is 1. The van der Waals surface area contributed by atoms with Gasteiger partial charge in [-0.1, -0.05) is 112 Å². The molecule has 1 unspecified atom stereocenters. The third kappa shape index (κ3) is 15.5. The number of phenolic OH excluding ortho intramolecular Hbond substituents is 1. The molecule has 4 amide bonds. The number of anilines is 1. The van der Waals surface area contributed by atoms with Gasteiger partial charge in [0.05, 0.1) is 24.8 Å². The number of rotatable bonds is 20. The van der Waals surface area contributed by atoms with Gasteiger partial charge in [-0.3, -0.25) is 14.5 Å². The zero-order valence-electron chi connectivity index (χ0n) is 46.2. The Morgan fingerprint density at radius 3 is 2.10 bits per heavy atom. The van der Waals surface area contributed by atoms with E-state index in [-0.39, 0.29) is 72.0 Å². The molecule has 0 bridgehead atoms. The molecule has 1 aromatic heterocycles. The molecule has 1 saturated heterocycles. The second-order valence-corrected chi connectivity index (χ2v) is 27.4. The van der Waals surface area contributed by atoms with Crippen LogP contribution in [0.2, 0.25) is 18.1 Å². The maximum atomic E-state index is 14.0. The predicted molar refractivity (Wildman–Crippen MR) is 306 cm³/mol. The quantitative estimate of drug-likeness (QED) is 0.0241. The van der Waals surface area contributed by atoms with E-state index in [4.69, 9.17) is 13.9 Å². The number of nitrogens with one attached hydrogen (secondary N) is 4. The second kappa shape index (κ2) is 25.4. The molecule has 7 rings (SSSR count). The van der Waals surface area contributed by atoms with Crippen molar-refractivity contribution < 1.29 is 43.3 Å². The molecule has 1 aliphatic rings. The summed E-state index contributed by atoms with van der Waals surface area (Å²) >= 11 is 0. The van der Waals surface area contributed by atoms with Crippen molar-refractivity contribution in [3.63, 3.8) is 0 Å². The van der Waals surface area contributed by atoms with E-state index in [9.17, 15) is 34.2 Å². The summed E-state index contributed by atoms with van der Waals surface area (Å²) in [5.74, 6) is -1.04. The van der Waals surface area contributed by atoms with Crippen molar-refractivity contribution in [3.05, 3.63) is 177 Å². The Balaban J connectivity index is 0.925. The number of benzene rings is 5. The number of aliphatic hydroxyl groups is 1. The maximum Gasteiger partial charge on any atom is 0.410 e. The molecule has 0 aliphatic carbocycles. The Morgan fingerprint density at radius 1 is 0.782 bits per heavy atom. The number of H-pyrrole nitrogens is 1. The minimum Gasteiger partial charge on any atom is -0.506 e. The highest BCUT2D eigenvalue weighted by Crippen LogP contribution is 2.42. The highest BCUT2D eigenvalue weighted by atomic mass is 28.4. The number of carbonyl (C=O) groups excluding carboxylic acids is 4. The third-order valence-corrected chi connectivity index (χ3v) is 19.0. The van der Waals surface area contributed by atoms with Gasteiger partial charge < -0.3 is 49.9 Å². The van der Waals surface area contributed by atoms with E-state index in [1.807, 2.05) is 18.2 Å². The van der Waals surface area contributed by atoms with Crippen LogP contribution in [0.4, 0.5) is 15.3 Å². The van der Waals surface area contributed by atoms with Crippen molar-refractivity contribution in [2.24, 2.45) is 5.92 Å². The summed E-state index contributed by atoms with van der Waals surface area (Å²) in [4.78, 5) is 73.4. The van der Waals surface area contributed by atoms with Gasteiger partial charge in [-0.25, -0.2) is 14.4 Å². The van der Waals surface area contributed by atoms with Crippen LogP contribution in [0.3, 0.4) is 0 Å². The van der Waals surface area contributed by atoms with Crippen LogP contribution in [-0.2, 0) is 37.4 Å². The first-order chi connectivity index (χ1) is 37.0. The van der Waals surface area contributed by atoms with Crippen LogP contribution in [-0.4, -0.2) is 102 Å². The monoisotopic (exact) mass is 1080 g/mol. The number of aromatic nitrogens is 1. The van der Waals surface area contributed by atoms with Gasteiger partial charge in [0.2, 0.25) is 11.2 Å². The molecule has 2 atom stereocenters. The molecule has 1 fully saturated rings. The zero-order valence-corrected chi connectivity index (χ0v) is 47.2. The van der Waals surface area contributed by atoms with E-state index in [1.54, 1.807) is 117 Å². The maximum absolute atomic E-state index is 14.0.